The lowest BCUT2D eigenvalue weighted by Gasteiger charge is -2.26. The Morgan fingerprint density at radius 2 is 1.80 bits per heavy atom. The number of halogens is 2. The molecule has 0 aliphatic carbocycles. The fourth-order valence-electron chi connectivity index (χ4n) is 2.67. The zero-order chi connectivity index (χ0) is 17.6. The van der Waals surface area contributed by atoms with E-state index in [1.807, 2.05) is 18.2 Å². The van der Waals surface area contributed by atoms with Crippen LogP contribution in [0, 0.1) is 0 Å². The van der Waals surface area contributed by atoms with Gasteiger partial charge in [-0.3, -0.25) is 9.69 Å². The van der Waals surface area contributed by atoms with E-state index in [-0.39, 0.29) is 5.78 Å². The zero-order valence-corrected chi connectivity index (χ0v) is 15.2. The van der Waals surface area contributed by atoms with Gasteiger partial charge >= 0.3 is 0 Å². The van der Waals surface area contributed by atoms with Gasteiger partial charge in [-0.1, -0.05) is 53.5 Å². The fourth-order valence-corrected chi connectivity index (χ4v) is 3.04. The zero-order valence-electron chi connectivity index (χ0n) is 13.7. The molecule has 0 spiro atoms. The normalized spacial score (nSPS) is 15.1. The van der Waals surface area contributed by atoms with Crippen molar-refractivity contribution in [2.24, 2.45) is 0 Å². The Kier molecular flexibility index (Phi) is 6.32. The van der Waals surface area contributed by atoms with E-state index in [1.54, 1.807) is 24.3 Å². The van der Waals surface area contributed by atoms with Gasteiger partial charge in [0.1, 0.15) is 17.4 Å². The van der Waals surface area contributed by atoms with Crippen molar-refractivity contribution in [2.75, 3.05) is 39.5 Å². The van der Waals surface area contributed by atoms with E-state index in [4.69, 9.17) is 32.7 Å². The number of benzene rings is 2. The van der Waals surface area contributed by atoms with Crippen LogP contribution in [0.2, 0.25) is 10.0 Å². The second kappa shape index (κ2) is 8.68. The average molecular weight is 380 g/mol. The van der Waals surface area contributed by atoms with E-state index in [0.717, 1.165) is 32.8 Å². The average Bonchev–Trinajstić information content (AvgIpc) is 2.66. The van der Waals surface area contributed by atoms with Crippen molar-refractivity contribution < 1.29 is 14.3 Å². The number of rotatable bonds is 6. The molecule has 0 bridgehead atoms. The molecule has 0 radical (unpaired) electrons. The summed E-state index contributed by atoms with van der Waals surface area (Å²) in [5, 5.41) is 0.637. The van der Waals surface area contributed by atoms with Gasteiger partial charge in [-0.2, -0.15) is 0 Å². The van der Waals surface area contributed by atoms with Crippen LogP contribution in [0.1, 0.15) is 15.9 Å². The molecule has 1 fully saturated rings. The summed E-state index contributed by atoms with van der Waals surface area (Å²) >= 11 is 12.4. The largest absolute Gasteiger partial charge is 0.491 e. The summed E-state index contributed by atoms with van der Waals surface area (Å²) in [5.41, 5.74) is 1.06. The van der Waals surface area contributed by atoms with Gasteiger partial charge in [0.15, 0.2) is 5.78 Å². The van der Waals surface area contributed by atoms with Gasteiger partial charge in [-0.05, 0) is 12.1 Å². The highest BCUT2D eigenvalue weighted by molar-refractivity contribution is 6.43. The van der Waals surface area contributed by atoms with Gasteiger partial charge in [0.2, 0.25) is 0 Å². The van der Waals surface area contributed by atoms with Crippen LogP contribution < -0.4 is 4.74 Å². The van der Waals surface area contributed by atoms with Crippen LogP contribution >= 0.6 is 23.2 Å². The molecule has 0 saturated carbocycles. The summed E-state index contributed by atoms with van der Waals surface area (Å²) in [6.07, 6.45) is 0. The van der Waals surface area contributed by atoms with E-state index in [1.165, 1.54) is 0 Å². The van der Waals surface area contributed by atoms with Crippen molar-refractivity contribution in [1.82, 2.24) is 4.90 Å². The standard InChI is InChI=1S/C19H19Cl2NO3/c20-16-12-15(19(23)14-4-2-1-3-5-14)13-17(18(16)21)25-11-8-22-6-9-24-10-7-22/h1-5,12-13H,6-11H2. The second-order valence-corrected chi connectivity index (χ2v) is 6.55. The number of ether oxygens (including phenoxy) is 2. The topological polar surface area (TPSA) is 38.8 Å². The SMILES string of the molecule is O=C(c1ccccc1)c1cc(Cl)c(Cl)c(OCCN2CCOCC2)c1. The number of carbonyl (C=O) groups is 1. The number of carbonyl (C=O) groups excluding carboxylic acids is 1. The van der Waals surface area contributed by atoms with Gasteiger partial charge < -0.3 is 9.47 Å². The lowest BCUT2D eigenvalue weighted by atomic mass is 10.0. The molecule has 0 atom stereocenters. The van der Waals surface area contributed by atoms with Crippen molar-refractivity contribution in [3.63, 3.8) is 0 Å². The van der Waals surface area contributed by atoms with Crippen molar-refractivity contribution in [1.29, 1.82) is 0 Å². The molecule has 25 heavy (non-hydrogen) atoms. The van der Waals surface area contributed by atoms with Gasteiger partial charge in [0.25, 0.3) is 0 Å². The maximum absolute atomic E-state index is 12.6. The van der Waals surface area contributed by atoms with Crippen LogP contribution in [-0.2, 0) is 4.74 Å². The molecular formula is C19H19Cl2NO3. The summed E-state index contributed by atoms with van der Waals surface area (Å²) in [4.78, 5) is 14.9. The Labute approximate surface area is 157 Å². The first-order valence-electron chi connectivity index (χ1n) is 8.17. The van der Waals surface area contributed by atoms with Gasteiger partial charge in [-0.25, -0.2) is 0 Å². The molecule has 4 nitrogen and oxygen atoms in total. The highest BCUT2D eigenvalue weighted by atomic mass is 35.5. The number of nitrogens with zero attached hydrogens (tertiary/aromatic N) is 1. The van der Waals surface area contributed by atoms with E-state index >= 15 is 0 Å². The molecule has 1 saturated heterocycles. The lowest BCUT2D eigenvalue weighted by Crippen LogP contribution is -2.38. The van der Waals surface area contributed by atoms with Crippen LogP contribution in [0.5, 0.6) is 5.75 Å². The summed E-state index contributed by atoms with van der Waals surface area (Å²) in [7, 11) is 0. The molecule has 0 unspecified atom stereocenters. The number of morpholine rings is 1. The Balaban J connectivity index is 1.70. The minimum Gasteiger partial charge on any atom is -0.491 e. The predicted octanol–water partition coefficient (Wildman–Crippen LogP) is 3.94. The molecular weight excluding hydrogens is 361 g/mol. The molecule has 6 heteroatoms. The molecule has 2 aromatic carbocycles. The smallest absolute Gasteiger partial charge is 0.193 e. The van der Waals surface area contributed by atoms with Crippen molar-refractivity contribution in [3.05, 3.63) is 63.6 Å². The molecule has 0 aromatic heterocycles. The van der Waals surface area contributed by atoms with Crippen LogP contribution in [0.25, 0.3) is 0 Å². The van der Waals surface area contributed by atoms with Crippen molar-refractivity contribution in [3.8, 4) is 5.75 Å². The van der Waals surface area contributed by atoms with Crippen molar-refractivity contribution in [2.45, 2.75) is 0 Å². The lowest BCUT2D eigenvalue weighted by molar-refractivity contribution is 0.0322. The molecule has 132 valence electrons. The Morgan fingerprint density at radius 1 is 1.08 bits per heavy atom. The monoisotopic (exact) mass is 379 g/mol. The molecule has 1 aliphatic heterocycles. The fraction of sp³-hybridized carbons (Fsp3) is 0.316. The third kappa shape index (κ3) is 4.73. The maximum atomic E-state index is 12.6. The summed E-state index contributed by atoms with van der Waals surface area (Å²) < 4.78 is 11.1. The number of hydrogen-bond donors (Lipinski definition) is 0. The highest BCUT2D eigenvalue weighted by Crippen LogP contribution is 2.34. The highest BCUT2D eigenvalue weighted by Gasteiger charge is 2.16. The molecule has 2 aromatic rings. The van der Waals surface area contributed by atoms with E-state index in [9.17, 15) is 4.79 Å². The molecule has 1 heterocycles. The quantitative estimate of drug-likeness (QED) is 0.712. The Bertz CT molecular complexity index is 731. The molecule has 1 aliphatic rings. The predicted molar refractivity (Wildman–Crippen MR) is 99.1 cm³/mol. The van der Waals surface area contributed by atoms with Gasteiger partial charge in [0, 0.05) is 30.8 Å². The van der Waals surface area contributed by atoms with Crippen LogP contribution in [0.15, 0.2) is 42.5 Å². The molecule has 0 N–H and O–H groups in total. The van der Waals surface area contributed by atoms with Crippen LogP contribution in [-0.4, -0.2) is 50.1 Å². The first kappa shape index (κ1) is 18.2. The van der Waals surface area contributed by atoms with E-state index in [0.29, 0.717) is 33.5 Å². The van der Waals surface area contributed by atoms with E-state index < -0.39 is 0 Å². The van der Waals surface area contributed by atoms with Gasteiger partial charge in [-0.15, -0.1) is 0 Å². The van der Waals surface area contributed by atoms with E-state index in [2.05, 4.69) is 4.90 Å². The number of ketones is 1. The number of hydrogen-bond acceptors (Lipinski definition) is 4. The van der Waals surface area contributed by atoms with Crippen molar-refractivity contribution >= 4 is 29.0 Å². The first-order chi connectivity index (χ1) is 12.1. The van der Waals surface area contributed by atoms with Crippen LogP contribution in [0.3, 0.4) is 0 Å². The molecule has 0 amide bonds. The maximum Gasteiger partial charge on any atom is 0.193 e. The Hall–Kier alpha value is -1.59. The minimum atomic E-state index is -0.114. The third-order valence-corrected chi connectivity index (χ3v) is 4.85. The summed E-state index contributed by atoms with van der Waals surface area (Å²) in [6, 6.07) is 12.3. The second-order valence-electron chi connectivity index (χ2n) is 5.77. The third-order valence-electron chi connectivity index (χ3n) is 4.06. The molecule has 3 rings (SSSR count). The first-order valence-corrected chi connectivity index (χ1v) is 8.92. The summed E-state index contributed by atoms with van der Waals surface area (Å²) in [5.74, 6) is 0.318. The Morgan fingerprint density at radius 3 is 2.52 bits per heavy atom. The minimum absolute atomic E-state index is 0.114. The summed E-state index contributed by atoms with van der Waals surface area (Å²) in [6.45, 7) is 4.52. The van der Waals surface area contributed by atoms with Crippen LogP contribution in [0.4, 0.5) is 0 Å². The van der Waals surface area contributed by atoms with Gasteiger partial charge in [0.05, 0.1) is 18.2 Å².